The van der Waals surface area contributed by atoms with Crippen LogP contribution in [0.1, 0.15) is 0 Å². The highest BCUT2D eigenvalue weighted by molar-refractivity contribution is 5.89. The second-order valence-corrected chi connectivity index (χ2v) is 6.30. The first-order chi connectivity index (χ1) is 15.6. The predicted molar refractivity (Wildman–Crippen MR) is 119 cm³/mol. The summed E-state index contributed by atoms with van der Waals surface area (Å²) >= 11 is 0. The van der Waals surface area contributed by atoms with Crippen molar-refractivity contribution >= 4 is 22.7 Å². The molecule has 0 fully saturated rings. The molecule has 0 N–H and O–H groups in total. The SMILES string of the molecule is C=CC(=O)OCCOCCOc1ccc2c(OCCOCCOC(=O)C=C)cccc2c1. The highest BCUT2D eigenvalue weighted by Gasteiger charge is 2.05. The zero-order valence-electron chi connectivity index (χ0n) is 18.0. The largest absolute Gasteiger partial charge is 0.491 e. The Labute approximate surface area is 187 Å². The van der Waals surface area contributed by atoms with Crippen LogP contribution in [0.2, 0.25) is 0 Å². The molecule has 0 saturated carbocycles. The molecule has 0 atom stereocenters. The van der Waals surface area contributed by atoms with E-state index in [0.717, 1.165) is 28.7 Å². The number of carbonyl (C=O) groups excluding carboxylic acids is 2. The van der Waals surface area contributed by atoms with E-state index >= 15 is 0 Å². The van der Waals surface area contributed by atoms with Gasteiger partial charge in [-0.15, -0.1) is 0 Å². The normalized spacial score (nSPS) is 10.4. The number of carbonyl (C=O) groups is 2. The zero-order valence-corrected chi connectivity index (χ0v) is 18.0. The molecule has 0 aromatic heterocycles. The van der Waals surface area contributed by atoms with Gasteiger partial charge in [0.15, 0.2) is 0 Å². The van der Waals surface area contributed by atoms with Crippen LogP contribution in [0.15, 0.2) is 61.7 Å². The van der Waals surface area contributed by atoms with Gasteiger partial charge in [-0.2, -0.15) is 0 Å². The van der Waals surface area contributed by atoms with Crippen LogP contribution in [0.25, 0.3) is 10.8 Å². The van der Waals surface area contributed by atoms with E-state index in [-0.39, 0.29) is 13.2 Å². The van der Waals surface area contributed by atoms with E-state index in [2.05, 4.69) is 13.2 Å². The Morgan fingerprint density at radius 3 is 1.94 bits per heavy atom. The van der Waals surface area contributed by atoms with Gasteiger partial charge in [-0.3, -0.25) is 0 Å². The average Bonchev–Trinajstić information content (AvgIpc) is 2.82. The van der Waals surface area contributed by atoms with Crippen LogP contribution < -0.4 is 9.47 Å². The van der Waals surface area contributed by atoms with Crippen molar-refractivity contribution in [2.45, 2.75) is 0 Å². The smallest absolute Gasteiger partial charge is 0.330 e. The number of fused-ring (bicyclic) bond motifs is 1. The summed E-state index contributed by atoms with van der Waals surface area (Å²) < 4.78 is 31.9. The van der Waals surface area contributed by atoms with E-state index in [1.54, 1.807) is 0 Å². The van der Waals surface area contributed by atoms with Crippen LogP contribution in [0.4, 0.5) is 0 Å². The molecule has 0 unspecified atom stereocenters. The first kappa shape index (κ1) is 24.9. The van der Waals surface area contributed by atoms with Gasteiger partial charge in [0.2, 0.25) is 0 Å². The summed E-state index contributed by atoms with van der Waals surface area (Å²) in [7, 11) is 0. The summed E-state index contributed by atoms with van der Waals surface area (Å²) in [5, 5.41) is 1.94. The van der Waals surface area contributed by atoms with Crippen molar-refractivity contribution in [3.63, 3.8) is 0 Å². The molecule has 0 aliphatic rings. The third-order valence-electron chi connectivity index (χ3n) is 4.07. The Hall–Kier alpha value is -3.36. The van der Waals surface area contributed by atoms with Crippen LogP contribution >= 0.6 is 0 Å². The van der Waals surface area contributed by atoms with Crippen molar-refractivity contribution < 1.29 is 38.0 Å². The fourth-order valence-electron chi connectivity index (χ4n) is 2.60. The first-order valence-electron chi connectivity index (χ1n) is 10.2. The number of hydrogen-bond donors (Lipinski definition) is 0. The van der Waals surface area contributed by atoms with Gasteiger partial charge in [0.05, 0.1) is 26.4 Å². The van der Waals surface area contributed by atoms with Gasteiger partial charge in [0.1, 0.15) is 37.9 Å². The lowest BCUT2D eigenvalue weighted by Crippen LogP contribution is -2.12. The molecule has 2 rings (SSSR count). The fraction of sp³-hybridized carbons (Fsp3) is 0.333. The molecule has 2 aromatic rings. The van der Waals surface area contributed by atoms with Crippen LogP contribution in [0.5, 0.6) is 11.5 Å². The molecule has 0 heterocycles. The Morgan fingerprint density at radius 2 is 1.31 bits per heavy atom. The van der Waals surface area contributed by atoms with Crippen molar-refractivity contribution in [3.8, 4) is 11.5 Å². The van der Waals surface area contributed by atoms with E-state index in [9.17, 15) is 9.59 Å². The molecule has 172 valence electrons. The lowest BCUT2D eigenvalue weighted by Gasteiger charge is -2.12. The van der Waals surface area contributed by atoms with Crippen molar-refractivity contribution in [1.29, 1.82) is 0 Å². The average molecular weight is 444 g/mol. The summed E-state index contributed by atoms with van der Waals surface area (Å²) in [6, 6.07) is 11.5. The minimum Gasteiger partial charge on any atom is -0.491 e. The number of benzene rings is 2. The molecule has 0 saturated heterocycles. The number of hydrogen-bond acceptors (Lipinski definition) is 8. The molecule has 0 spiro atoms. The summed E-state index contributed by atoms with van der Waals surface area (Å²) in [5.74, 6) is 0.522. The van der Waals surface area contributed by atoms with Gasteiger partial charge in [0.25, 0.3) is 0 Å². The van der Waals surface area contributed by atoms with E-state index in [1.807, 2.05) is 36.4 Å². The predicted octanol–water partition coefficient (Wildman–Crippen LogP) is 3.09. The quantitative estimate of drug-likeness (QED) is 0.222. The molecular formula is C24H28O8. The third kappa shape index (κ3) is 9.20. The van der Waals surface area contributed by atoms with E-state index in [4.69, 9.17) is 28.4 Å². The van der Waals surface area contributed by atoms with Gasteiger partial charge in [-0.25, -0.2) is 9.59 Å². The maximum Gasteiger partial charge on any atom is 0.330 e. The van der Waals surface area contributed by atoms with Gasteiger partial charge in [-0.05, 0) is 29.7 Å². The third-order valence-corrected chi connectivity index (χ3v) is 4.07. The Kier molecular flexibility index (Phi) is 11.4. The topological polar surface area (TPSA) is 89.5 Å². The Bertz CT molecular complexity index is 893. The number of rotatable bonds is 16. The minimum atomic E-state index is -0.469. The van der Waals surface area contributed by atoms with Crippen LogP contribution in [0, 0.1) is 0 Å². The van der Waals surface area contributed by atoms with Crippen molar-refractivity contribution in [2.24, 2.45) is 0 Å². The van der Waals surface area contributed by atoms with E-state index < -0.39 is 11.9 Å². The van der Waals surface area contributed by atoms with Crippen molar-refractivity contribution in [2.75, 3.05) is 52.9 Å². The molecule has 2 aromatic carbocycles. The standard InChI is InChI=1S/C24H28O8/c1-3-23(25)31-16-12-27-10-14-29-20-8-9-21-19(18-20)6-5-7-22(21)30-15-11-28-13-17-32-24(26)4-2/h3-9,18H,1-2,10-17H2. The van der Waals surface area contributed by atoms with Crippen molar-refractivity contribution in [3.05, 3.63) is 61.7 Å². The summed E-state index contributed by atoms with van der Waals surface area (Å²) in [5.41, 5.74) is 0. The molecule has 8 heteroatoms. The molecule has 0 radical (unpaired) electrons. The van der Waals surface area contributed by atoms with Gasteiger partial charge in [0, 0.05) is 17.5 Å². The van der Waals surface area contributed by atoms with Gasteiger partial charge in [-0.1, -0.05) is 25.3 Å². The van der Waals surface area contributed by atoms with E-state index in [1.165, 1.54) is 0 Å². The van der Waals surface area contributed by atoms with Crippen molar-refractivity contribution in [1.82, 2.24) is 0 Å². The Morgan fingerprint density at radius 1 is 0.719 bits per heavy atom. The highest BCUT2D eigenvalue weighted by Crippen LogP contribution is 2.28. The monoisotopic (exact) mass is 444 g/mol. The molecule has 0 amide bonds. The van der Waals surface area contributed by atoms with E-state index in [0.29, 0.717) is 45.4 Å². The molecule has 8 nitrogen and oxygen atoms in total. The molecule has 0 aliphatic heterocycles. The summed E-state index contributed by atoms with van der Waals surface area (Å²) in [4.78, 5) is 21.8. The van der Waals surface area contributed by atoms with Crippen LogP contribution in [-0.4, -0.2) is 64.8 Å². The second-order valence-electron chi connectivity index (χ2n) is 6.30. The minimum absolute atomic E-state index is 0.176. The number of ether oxygens (including phenoxy) is 6. The van der Waals surface area contributed by atoms with Crippen LogP contribution in [0.3, 0.4) is 0 Å². The lowest BCUT2D eigenvalue weighted by atomic mass is 10.1. The molecule has 0 bridgehead atoms. The molecule has 0 aliphatic carbocycles. The summed E-state index contributed by atoms with van der Waals surface area (Å²) in [6.45, 7) is 9.07. The maximum atomic E-state index is 10.9. The summed E-state index contributed by atoms with van der Waals surface area (Å²) in [6.07, 6.45) is 2.22. The van der Waals surface area contributed by atoms with Gasteiger partial charge < -0.3 is 28.4 Å². The second kappa shape index (κ2) is 14.6. The Balaban J connectivity index is 1.70. The first-order valence-corrected chi connectivity index (χ1v) is 10.2. The van der Waals surface area contributed by atoms with Crippen LogP contribution in [-0.2, 0) is 28.5 Å². The molecular weight excluding hydrogens is 416 g/mol. The molecule has 32 heavy (non-hydrogen) atoms. The zero-order chi connectivity index (χ0) is 23.0. The fourth-order valence-corrected chi connectivity index (χ4v) is 2.60. The maximum absolute atomic E-state index is 10.9. The van der Waals surface area contributed by atoms with Gasteiger partial charge >= 0.3 is 11.9 Å². The number of esters is 2. The highest BCUT2D eigenvalue weighted by atomic mass is 16.6. The lowest BCUT2D eigenvalue weighted by molar-refractivity contribution is -0.140.